The van der Waals surface area contributed by atoms with Crippen molar-refractivity contribution in [3.05, 3.63) is 29.3 Å². The third-order valence-electron chi connectivity index (χ3n) is 6.13. The zero-order valence-electron chi connectivity index (χ0n) is 19.6. The van der Waals surface area contributed by atoms with Crippen LogP contribution in [0.2, 0.25) is 0 Å². The monoisotopic (exact) mass is 433 g/mol. The lowest BCUT2D eigenvalue weighted by molar-refractivity contribution is -0.135. The fraction of sp³-hybridized carbons (Fsp3) is 0.708. The summed E-state index contributed by atoms with van der Waals surface area (Å²) in [4.78, 5) is 18.8. The summed E-state index contributed by atoms with van der Waals surface area (Å²) >= 11 is 0. The molecule has 1 amide bonds. The van der Waals surface area contributed by atoms with Crippen molar-refractivity contribution in [2.45, 2.75) is 39.2 Å². The first-order valence-electron chi connectivity index (χ1n) is 11.4. The van der Waals surface area contributed by atoms with Gasteiger partial charge >= 0.3 is 0 Å². The van der Waals surface area contributed by atoms with E-state index in [1.54, 1.807) is 0 Å². The average Bonchev–Trinajstić information content (AvgIpc) is 2.73. The van der Waals surface area contributed by atoms with E-state index in [4.69, 9.17) is 9.47 Å². The molecule has 1 unspecified atom stereocenters. The Labute approximate surface area is 186 Å². The number of morpholine rings is 1. The van der Waals surface area contributed by atoms with Gasteiger partial charge in [0.05, 0.1) is 19.8 Å². The second kappa shape index (κ2) is 10.8. The van der Waals surface area contributed by atoms with Crippen molar-refractivity contribution in [1.82, 2.24) is 14.7 Å². The number of carbonyl (C=O) groups excluding carboxylic acids is 1. The maximum absolute atomic E-state index is 12.5. The molecule has 2 aliphatic rings. The summed E-state index contributed by atoms with van der Waals surface area (Å²) in [6.45, 7) is 16.0. The predicted molar refractivity (Wildman–Crippen MR) is 122 cm³/mol. The highest BCUT2D eigenvalue weighted by Crippen LogP contribution is 2.27. The molecule has 0 aliphatic carbocycles. The number of hydrogen-bond donors (Lipinski definition) is 1. The van der Waals surface area contributed by atoms with Crippen LogP contribution in [0.3, 0.4) is 0 Å². The molecule has 1 atom stereocenters. The number of hydrogen-bond acceptors (Lipinski definition) is 6. The first kappa shape index (κ1) is 24.0. The summed E-state index contributed by atoms with van der Waals surface area (Å²) in [7, 11) is 0. The van der Waals surface area contributed by atoms with Gasteiger partial charge in [0.25, 0.3) is 0 Å². The molecule has 0 bridgehead atoms. The maximum Gasteiger partial charge on any atom is 0.236 e. The summed E-state index contributed by atoms with van der Waals surface area (Å²) in [6, 6.07) is 6.26. The number of aliphatic hydroxyl groups is 1. The number of aliphatic hydroxyl groups excluding tert-OH is 1. The Morgan fingerprint density at radius 3 is 2.39 bits per heavy atom. The molecule has 3 rings (SSSR count). The predicted octanol–water partition coefficient (Wildman–Crippen LogP) is 1.51. The average molecular weight is 434 g/mol. The molecule has 0 spiro atoms. The quantitative estimate of drug-likeness (QED) is 0.703. The molecule has 1 aromatic rings. The normalized spacial score (nSPS) is 20.0. The van der Waals surface area contributed by atoms with Crippen LogP contribution in [0.4, 0.5) is 0 Å². The Morgan fingerprint density at radius 1 is 1.10 bits per heavy atom. The minimum absolute atomic E-state index is 0.106. The standard InChI is InChI=1S/C24H39N3O4/c1-19-15-20(24(2,3)4)5-6-22(19)31-18-21(28)16-25-7-9-27(10-8-25)23(29)17-26-11-13-30-14-12-26/h5-6,15,21,28H,7-14,16-18H2,1-4H3. The van der Waals surface area contributed by atoms with Gasteiger partial charge in [-0.25, -0.2) is 0 Å². The van der Waals surface area contributed by atoms with Crippen molar-refractivity contribution in [3.63, 3.8) is 0 Å². The van der Waals surface area contributed by atoms with Gasteiger partial charge in [0.1, 0.15) is 18.5 Å². The second-order valence-electron chi connectivity index (χ2n) is 9.77. The molecule has 0 saturated carbocycles. The van der Waals surface area contributed by atoms with Gasteiger partial charge < -0.3 is 19.5 Å². The van der Waals surface area contributed by atoms with Gasteiger partial charge in [-0.05, 0) is 29.5 Å². The molecule has 31 heavy (non-hydrogen) atoms. The number of carbonyl (C=O) groups is 1. The third kappa shape index (κ3) is 7.17. The van der Waals surface area contributed by atoms with Crippen LogP contribution < -0.4 is 4.74 Å². The van der Waals surface area contributed by atoms with Crippen molar-refractivity contribution < 1.29 is 19.4 Å². The van der Waals surface area contributed by atoms with Crippen LogP contribution in [0.25, 0.3) is 0 Å². The zero-order valence-corrected chi connectivity index (χ0v) is 19.6. The second-order valence-corrected chi connectivity index (χ2v) is 9.77. The molecule has 0 radical (unpaired) electrons. The van der Waals surface area contributed by atoms with Gasteiger partial charge in [0.15, 0.2) is 0 Å². The molecule has 1 N–H and O–H groups in total. The van der Waals surface area contributed by atoms with Gasteiger partial charge in [-0.15, -0.1) is 0 Å². The third-order valence-corrected chi connectivity index (χ3v) is 6.13. The highest BCUT2D eigenvalue weighted by molar-refractivity contribution is 5.78. The van der Waals surface area contributed by atoms with Gasteiger partial charge in [-0.2, -0.15) is 0 Å². The smallest absolute Gasteiger partial charge is 0.236 e. The number of benzene rings is 1. The lowest BCUT2D eigenvalue weighted by atomic mass is 9.86. The SMILES string of the molecule is Cc1cc(C(C)(C)C)ccc1OCC(O)CN1CCN(C(=O)CN2CCOCC2)CC1. The molecule has 2 fully saturated rings. The Hall–Kier alpha value is -1.67. The van der Waals surface area contributed by atoms with E-state index in [0.717, 1.165) is 37.5 Å². The Morgan fingerprint density at radius 2 is 1.77 bits per heavy atom. The largest absolute Gasteiger partial charge is 0.491 e. The van der Waals surface area contributed by atoms with E-state index >= 15 is 0 Å². The van der Waals surface area contributed by atoms with Gasteiger partial charge in [0.2, 0.25) is 5.91 Å². The highest BCUT2D eigenvalue weighted by Gasteiger charge is 2.24. The molecule has 2 aliphatic heterocycles. The van der Waals surface area contributed by atoms with Crippen LogP contribution in [0.5, 0.6) is 5.75 Å². The van der Waals surface area contributed by atoms with Gasteiger partial charge in [-0.1, -0.05) is 32.9 Å². The topological polar surface area (TPSA) is 65.5 Å². The molecule has 7 nitrogen and oxygen atoms in total. The van der Waals surface area contributed by atoms with Gasteiger partial charge in [0, 0.05) is 45.8 Å². The molecular weight excluding hydrogens is 394 g/mol. The summed E-state index contributed by atoms with van der Waals surface area (Å²) in [5.41, 5.74) is 2.47. The minimum Gasteiger partial charge on any atom is -0.491 e. The number of piperazine rings is 1. The van der Waals surface area contributed by atoms with Crippen molar-refractivity contribution in [2.75, 3.05) is 72.2 Å². The van der Waals surface area contributed by atoms with E-state index in [9.17, 15) is 9.90 Å². The maximum atomic E-state index is 12.5. The number of rotatable bonds is 7. The lowest BCUT2D eigenvalue weighted by Gasteiger charge is -2.37. The van der Waals surface area contributed by atoms with Crippen molar-refractivity contribution in [3.8, 4) is 5.75 Å². The Balaban J connectivity index is 1.38. The van der Waals surface area contributed by atoms with Crippen molar-refractivity contribution in [1.29, 1.82) is 0 Å². The zero-order chi connectivity index (χ0) is 22.4. The summed E-state index contributed by atoms with van der Waals surface area (Å²) in [6.07, 6.45) is -0.558. The van der Waals surface area contributed by atoms with Gasteiger partial charge in [-0.3, -0.25) is 14.6 Å². The van der Waals surface area contributed by atoms with E-state index in [1.165, 1.54) is 5.56 Å². The molecule has 2 saturated heterocycles. The van der Waals surface area contributed by atoms with Crippen LogP contribution in [-0.2, 0) is 14.9 Å². The van der Waals surface area contributed by atoms with E-state index in [-0.39, 0.29) is 17.9 Å². The fourth-order valence-electron chi connectivity index (χ4n) is 4.04. The Bertz CT molecular complexity index is 720. The number of β-amino-alcohol motifs (C(OH)–C–C–N with tert-alkyl or cyclic N) is 1. The molecule has 174 valence electrons. The number of aryl methyl sites for hydroxylation is 1. The van der Waals surface area contributed by atoms with Crippen LogP contribution in [-0.4, -0.2) is 104 Å². The van der Waals surface area contributed by atoms with E-state index in [1.807, 2.05) is 17.9 Å². The number of ether oxygens (including phenoxy) is 2. The molecule has 7 heteroatoms. The van der Waals surface area contributed by atoms with Crippen LogP contribution in [0.1, 0.15) is 31.9 Å². The number of nitrogens with zero attached hydrogens (tertiary/aromatic N) is 3. The van der Waals surface area contributed by atoms with E-state index in [2.05, 4.69) is 42.7 Å². The first-order valence-corrected chi connectivity index (χ1v) is 11.4. The molecule has 2 heterocycles. The van der Waals surface area contributed by atoms with Crippen LogP contribution in [0.15, 0.2) is 18.2 Å². The van der Waals surface area contributed by atoms with Crippen molar-refractivity contribution in [2.24, 2.45) is 0 Å². The van der Waals surface area contributed by atoms with Crippen LogP contribution in [0, 0.1) is 6.92 Å². The van der Waals surface area contributed by atoms with Crippen molar-refractivity contribution >= 4 is 5.91 Å². The summed E-state index contributed by atoms with van der Waals surface area (Å²) < 4.78 is 11.2. The minimum atomic E-state index is -0.558. The number of amides is 1. The highest BCUT2D eigenvalue weighted by atomic mass is 16.5. The first-order chi connectivity index (χ1) is 14.7. The lowest BCUT2D eigenvalue weighted by Crippen LogP contribution is -2.53. The molecular formula is C24H39N3O4. The fourth-order valence-corrected chi connectivity index (χ4v) is 4.04. The van der Waals surface area contributed by atoms with E-state index < -0.39 is 6.10 Å². The van der Waals surface area contributed by atoms with Crippen LogP contribution >= 0.6 is 0 Å². The molecule has 1 aromatic carbocycles. The van der Waals surface area contributed by atoms with E-state index in [0.29, 0.717) is 39.4 Å². The Kier molecular flexibility index (Phi) is 8.33. The molecule has 0 aromatic heterocycles. The summed E-state index contributed by atoms with van der Waals surface area (Å²) in [5.74, 6) is 1.02. The summed E-state index contributed by atoms with van der Waals surface area (Å²) in [5, 5.41) is 10.5.